The maximum absolute atomic E-state index is 12.5. The van der Waals surface area contributed by atoms with Crippen molar-refractivity contribution in [3.63, 3.8) is 0 Å². The standard InChI is InChI=1S/C25H23BrN2O4/c1-16-5-4-6-19(11-16)25(30)32-23-10-8-21(26)13-20(23)14-27-28-24(29)15-31-22-9-7-17(2)18(3)12-22/h4-14H,15H2,1-3H3,(H,28,29)/b27-14+. The van der Waals surface area contributed by atoms with E-state index in [1.165, 1.54) is 6.21 Å². The van der Waals surface area contributed by atoms with Gasteiger partial charge in [0.25, 0.3) is 5.91 Å². The number of amides is 1. The molecule has 1 N–H and O–H groups in total. The molecule has 0 aliphatic heterocycles. The fourth-order valence-corrected chi connectivity index (χ4v) is 3.18. The number of halogens is 1. The normalized spacial score (nSPS) is 10.8. The van der Waals surface area contributed by atoms with E-state index in [0.717, 1.165) is 21.2 Å². The van der Waals surface area contributed by atoms with Crippen LogP contribution in [0.25, 0.3) is 0 Å². The molecule has 3 rings (SSSR count). The molecule has 0 saturated heterocycles. The lowest BCUT2D eigenvalue weighted by molar-refractivity contribution is -0.123. The largest absolute Gasteiger partial charge is 0.484 e. The first-order valence-electron chi connectivity index (χ1n) is 9.92. The molecule has 0 bridgehead atoms. The summed E-state index contributed by atoms with van der Waals surface area (Å²) in [5.41, 5.74) is 6.59. The van der Waals surface area contributed by atoms with Crippen LogP contribution in [0.2, 0.25) is 0 Å². The van der Waals surface area contributed by atoms with Crippen molar-refractivity contribution in [3.8, 4) is 11.5 Å². The highest BCUT2D eigenvalue weighted by atomic mass is 79.9. The maximum Gasteiger partial charge on any atom is 0.343 e. The number of esters is 1. The van der Waals surface area contributed by atoms with Crippen LogP contribution >= 0.6 is 15.9 Å². The van der Waals surface area contributed by atoms with Crippen LogP contribution in [0.5, 0.6) is 11.5 Å². The summed E-state index contributed by atoms with van der Waals surface area (Å²) in [5.74, 6) is 0.0536. The summed E-state index contributed by atoms with van der Waals surface area (Å²) in [6.45, 7) is 5.72. The number of aryl methyl sites for hydroxylation is 3. The molecule has 0 fully saturated rings. The Morgan fingerprint density at radius 1 is 1.00 bits per heavy atom. The van der Waals surface area contributed by atoms with E-state index in [-0.39, 0.29) is 6.61 Å². The molecule has 0 spiro atoms. The van der Waals surface area contributed by atoms with Gasteiger partial charge in [0, 0.05) is 10.0 Å². The Morgan fingerprint density at radius 2 is 1.81 bits per heavy atom. The fraction of sp³-hybridized carbons (Fsp3) is 0.160. The van der Waals surface area contributed by atoms with E-state index in [0.29, 0.717) is 22.6 Å². The Balaban J connectivity index is 1.62. The Hall–Kier alpha value is -3.45. The third-order valence-corrected chi connectivity index (χ3v) is 5.16. The van der Waals surface area contributed by atoms with Crippen molar-refractivity contribution in [2.75, 3.05) is 6.61 Å². The van der Waals surface area contributed by atoms with Crippen molar-refractivity contribution in [3.05, 3.63) is 93.0 Å². The Labute approximate surface area is 195 Å². The van der Waals surface area contributed by atoms with Gasteiger partial charge in [0.05, 0.1) is 11.8 Å². The number of hydrazone groups is 1. The smallest absolute Gasteiger partial charge is 0.343 e. The number of carbonyl (C=O) groups excluding carboxylic acids is 2. The van der Waals surface area contributed by atoms with Crippen LogP contribution in [-0.2, 0) is 4.79 Å². The third kappa shape index (κ3) is 6.52. The Morgan fingerprint density at radius 3 is 2.56 bits per heavy atom. The van der Waals surface area contributed by atoms with Gasteiger partial charge < -0.3 is 9.47 Å². The van der Waals surface area contributed by atoms with E-state index in [9.17, 15) is 9.59 Å². The lowest BCUT2D eigenvalue weighted by Gasteiger charge is -2.09. The maximum atomic E-state index is 12.5. The van der Waals surface area contributed by atoms with E-state index in [4.69, 9.17) is 9.47 Å². The second-order valence-electron chi connectivity index (χ2n) is 7.27. The first kappa shape index (κ1) is 23.2. The van der Waals surface area contributed by atoms with Gasteiger partial charge in [-0.3, -0.25) is 4.79 Å². The lowest BCUT2D eigenvalue weighted by Crippen LogP contribution is -2.24. The van der Waals surface area contributed by atoms with Crippen molar-refractivity contribution < 1.29 is 19.1 Å². The molecule has 3 aromatic carbocycles. The summed E-state index contributed by atoms with van der Waals surface area (Å²) in [6.07, 6.45) is 1.41. The summed E-state index contributed by atoms with van der Waals surface area (Å²) in [4.78, 5) is 24.5. The molecule has 7 heteroatoms. The number of nitrogens with zero attached hydrogens (tertiary/aromatic N) is 1. The Kier molecular flexibility index (Phi) is 7.78. The number of rotatable bonds is 7. The monoisotopic (exact) mass is 494 g/mol. The molecule has 0 unspecified atom stereocenters. The van der Waals surface area contributed by atoms with E-state index in [2.05, 4.69) is 26.5 Å². The number of benzene rings is 3. The molecule has 32 heavy (non-hydrogen) atoms. The van der Waals surface area contributed by atoms with Gasteiger partial charge in [0.2, 0.25) is 0 Å². The zero-order chi connectivity index (χ0) is 23.1. The zero-order valence-electron chi connectivity index (χ0n) is 18.0. The van der Waals surface area contributed by atoms with Crippen LogP contribution in [-0.4, -0.2) is 24.7 Å². The summed E-state index contributed by atoms with van der Waals surface area (Å²) < 4.78 is 11.8. The molecule has 0 aliphatic rings. The minimum absolute atomic E-state index is 0.173. The molecule has 0 heterocycles. The molecule has 0 atom stereocenters. The average molecular weight is 495 g/mol. The van der Waals surface area contributed by atoms with E-state index >= 15 is 0 Å². The zero-order valence-corrected chi connectivity index (χ0v) is 19.6. The highest BCUT2D eigenvalue weighted by Gasteiger charge is 2.12. The first-order valence-corrected chi connectivity index (χ1v) is 10.7. The topological polar surface area (TPSA) is 77.0 Å². The first-order chi connectivity index (χ1) is 15.3. The van der Waals surface area contributed by atoms with Gasteiger partial charge in [-0.25, -0.2) is 10.2 Å². The average Bonchev–Trinajstić information content (AvgIpc) is 2.76. The van der Waals surface area contributed by atoms with Gasteiger partial charge in [-0.05, 0) is 74.4 Å². The minimum atomic E-state index is -0.475. The van der Waals surface area contributed by atoms with Gasteiger partial charge in [0.1, 0.15) is 11.5 Å². The predicted molar refractivity (Wildman–Crippen MR) is 127 cm³/mol. The van der Waals surface area contributed by atoms with Crippen LogP contribution < -0.4 is 14.9 Å². The number of hydrogen-bond acceptors (Lipinski definition) is 5. The number of ether oxygens (including phenoxy) is 2. The van der Waals surface area contributed by atoms with Crippen molar-refractivity contribution in [1.29, 1.82) is 0 Å². The number of nitrogens with one attached hydrogen (secondary N) is 1. The highest BCUT2D eigenvalue weighted by Crippen LogP contribution is 2.23. The summed E-state index contributed by atoms with van der Waals surface area (Å²) >= 11 is 3.39. The number of carbonyl (C=O) groups is 2. The Bertz CT molecular complexity index is 1170. The lowest BCUT2D eigenvalue weighted by atomic mass is 10.1. The SMILES string of the molecule is Cc1cccc(C(=O)Oc2ccc(Br)cc2/C=N/NC(=O)COc2ccc(C)c(C)c2)c1. The summed E-state index contributed by atoms with van der Waals surface area (Å²) in [7, 11) is 0. The van der Waals surface area contributed by atoms with Gasteiger partial charge >= 0.3 is 5.97 Å². The minimum Gasteiger partial charge on any atom is -0.484 e. The molecule has 0 radical (unpaired) electrons. The van der Waals surface area contributed by atoms with Crippen LogP contribution in [0.1, 0.15) is 32.6 Å². The van der Waals surface area contributed by atoms with Crippen molar-refractivity contribution in [2.45, 2.75) is 20.8 Å². The molecule has 164 valence electrons. The van der Waals surface area contributed by atoms with Crippen molar-refractivity contribution in [1.82, 2.24) is 5.43 Å². The van der Waals surface area contributed by atoms with E-state index in [1.807, 2.05) is 45.0 Å². The van der Waals surface area contributed by atoms with Crippen LogP contribution in [0.4, 0.5) is 0 Å². The van der Waals surface area contributed by atoms with Gasteiger partial charge in [0.15, 0.2) is 6.61 Å². The van der Waals surface area contributed by atoms with Crippen molar-refractivity contribution in [2.24, 2.45) is 5.10 Å². The van der Waals surface area contributed by atoms with Crippen LogP contribution in [0, 0.1) is 20.8 Å². The fourth-order valence-electron chi connectivity index (χ4n) is 2.80. The summed E-state index contributed by atoms with van der Waals surface area (Å²) in [5, 5.41) is 3.96. The number of hydrogen-bond donors (Lipinski definition) is 1. The quantitative estimate of drug-likeness (QED) is 0.214. The van der Waals surface area contributed by atoms with Gasteiger partial charge in [-0.15, -0.1) is 0 Å². The van der Waals surface area contributed by atoms with Crippen LogP contribution in [0.15, 0.2) is 70.2 Å². The molecule has 0 aromatic heterocycles. The molecular formula is C25H23BrN2O4. The van der Waals surface area contributed by atoms with Crippen molar-refractivity contribution >= 4 is 34.0 Å². The molecular weight excluding hydrogens is 472 g/mol. The van der Waals surface area contributed by atoms with E-state index < -0.39 is 11.9 Å². The van der Waals surface area contributed by atoms with Crippen LogP contribution in [0.3, 0.4) is 0 Å². The summed E-state index contributed by atoms with van der Waals surface area (Å²) in [6, 6.07) is 17.9. The second-order valence-corrected chi connectivity index (χ2v) is 8.18. The third-order valence-electron chi connectivity index (χ3n) is 4.67. The van der Waals surface area contributed by atoms with Gasteiger partial charge in [-0.2, -0.15) is 5.10 Å². The highest BCUT2D eigenvalue weighted by molar-refractivity contribution is 9.10. The molecule has 0 aliphatic carbocycles. The molecule has 6 nitrogen and oxygen atoms in total. The molecule has 1 amide bonds. The van der Waals surface area contributed by atoms with E-state index in [1.54, 1.807) is 36.4 Å². The van der Waals surface area contributed by atoms with Gasteiger partial charge in [-0.1, -0.05) is 39.7 Å². The molecule has 0 saturated carbocycles. The second kappa shape index (κ2) is 10.7. The predicted octanol–water partition coefficient (Wildman–Crippen LogP) is 5.12. The molecule has 3 aromatic rings.